The first-order valence-electron chi connectivity index (χ1n) is 3.21. The van der Waals surface area contributed by atoms with Crippen molar-refractivity contribution in [3.05, 3.63) is 18.0 Å². The number of thiol groups is 1. The van der Waals surface area contributed by atoms with Gasteiger partial charge in [-0.2, -0.15) is 0 Å². The minimum Gasteiger partial charge on any atom is -0.395 e. The normalized spacial score (nSPS) is 10.3. The molecule has 56 valence electrons. The van der Waals surface area contributed by atoms with Crippen molar-refractivity contribution >= 4 is 12.6 Å². The van der Waals surface area contributed by atoms with E-state index in [4.69, 9.17) is 5.11 Å². The molecule has 0 radical (unpaired) electrons. The third-order valence-corrected chi connectivity index (χ3v) is 2.03. The number of hydrogen-bond acceptors (Lipinski definition) is 2. The molecule has 0 amide bonds. The number of aliphatic hydroxyl groups is 1. The summed E-state index contributed by atoms with van der Waals surface area (Å²) < 4.78 is 1.97. The monoisotopic (exact) mass is 157 g/mol. The fraction of sp³-hybridized carbons (Fsp3) is 0.429. The summed E-state index contributed by atoms with van der Waals surface area (Å²) in [6.45, 7) is 2.83. The minimum absolute atomic E-state index is 0.183. The molecule has 1 rings (SSSR count). The van der Waals surface area contributed by atoms with Crippen LogP contribution in [-0.4, -0.2) is 16.3 Å². The fourth-order valence-corrected chi connectivity index (χ4v) is 1.09. The molecular weight excluding hydrogens is 146 g/mol. The maximum absolute atomic E-state index is 8.61. The average molecular weight is 157 g/mol. The van der Waals surface area contributed by atoms with E-state index < -0.39 is 0 Å². The lowest BCUT2D eigenvalue weighted by Crippen LogP contribution is -2.01. The summed E-state index contributed by atoms with van der Waals surface area (Å²) in [5.74, 6) is 0. The Balaban J connectivity index is 2.83. The highest BCUT2D eigenvalue weighted by atomic mass is 32.1. The lowest BCUT2D eigenvalue weighted by Gasteiger charge is -2.01. The summed E-state index contributed by atoms with van der Waals surface area (Å²) in [7, 11) is 0. The van der Waals surface area contributed by atoms with Crippen molar-refractivity contribution in [1.29, 1.82) is 0 Å². The van der Waals surface area contributed by atoms with Gasteiger partial charge in [0.15, 0.2) is 0 Å². The van der Waals surface area contributed by atoms with Crippen molar-refractivity contribution in [2.75, 3.05) is 6.61 Å². The van der Waals surface area contributed by atoms with Crippen LogP contribution in [0.15, 0.2) is 17.2 Å². The predicted molar refractivity (Wildman–Crippen MR) is 43.5 cm³/mol. The molecule has 0 saturated carbocycles. The summed E-state index contributed by atoms with van der Waals surface area (Å²) in [6.07, 6.45) is 1.92. The standard InChI is InChI=1S/C7H11NOS/c1-6-7(10)2-3-8(6)4-5-9/h2-3,9-10H,4-5H2,1H3. The maximum atomic E-state index is 8.61. The second-order valence-electron chi connectivity index (χ2n) is 2.20. The fourth-order valence-electron chi connectivity index (χ4n) is 0.890. The first-order valence-corrected chi connectivity index (χ1v) is 3.66. The highest BCUT2D eigenvalue weighted by Gasteiger charge is 1.98. The van der Waals surface area contributed by atoms with Crippen molar-refractivity contribution < 1.29 is 5.11 Å². The average Bonchev–Trinajstić information content (AvgIpc) is 2.20. The number of hydrogen-bond donors (Lipinski definition) is 2. The molecule has 10 heavy (non-hydrogen) atoms. The molecule has 0 aliphatic carbocycles. The summed E-state index contributed by atoms with van der Waals surface area (Å²) in [5, 5.41) is 8.61. The van der Waals surface area contributed by atoms with Crippen molar-refractivity contribution in [2.24, 2.45) is 0 Å². The largest absolute Gasteiger partial charge is 0.395 e. The Morgan fingerprint density at radius 1 is 1.70 bits per heavy atom. The van der Waals surface area contributed by atoms with Gasteiger partial charge in [0.2, 0.25) is 0 Å². The molecule has 0 aliphatic heterocycles. The lowest BCUT2D eigenvalue weighted by atomic mass is 10.5. The summed E-state index contributed by atoms with van der Waals surface area (Å²) >= 11 is 4.21. The van der Waals surface area contributed by atoms with Gasteiger partial charge in [0.25, 0.3) is 0 Å². The molecule has 1 aromatic rings. The van der Waals surface area contributed by atoms with E-state index in [1.165, 1.54) is 0 Å². The van der Waals surface area contributed by atoms with E-state index in [-0.39, 0.29) is 6.61 Å². The van der Waals surface area contributed by atoms with E-state index in [9.17, 15) is 0 Å². The third-order valence-electron chi connectivity index (χ3n) is 1.55. The highest BCUT2D eigenvalue weighted by molar-refractivity contribution is 7.80. The Hall–Kier alpha value is -0.410. The number of aliphatic hydroxyl groups excluding tert-OH is 1. The van der Waals surface area contributed by atoms with Crippen LogP contribution in [-0.2, 0) is 6.54 Å². The first-order chi connectivity index (χ1) is 4.75. The Labute approximate surface area is 65.9 Å². The van der Waals surface area contributed by atoms with Gasteiger partial charge in [-0.3, -0.25) is 0 Å². The SMILES string of the molecule is Cc1c(S)ccn1CCO. The van der Waals surface area contributed by atoms with Crippen LogP contribution in [0, 0.1) is 6.92 Å². The quantitative estimate of drug-likeness (QED) is 0.617. The van der Waals surface area contributed by atoms with E-state index >= 15 is 0 Å². The first kappa shape index (κ1) is 7.69. The van der Waals surface area contributed by atoms with Crippen LogP contribution in [0.25, 0.3) is 0 Å². The van der Waals surface area contributed by atoms with E-state index in [2.05, 4.69) is 12.6 Å². The second kappa shape index (κ2) is 3.12. The van der Waals surface area contributed by atoms with E-state index in [0.717, 1.165) is 10.6 Å². The van der Waals surface area contributed by atoms with Crippen molar-refractivity contribution in [3.63, 3.8) is 0 Å². The molecular formula is C7H11NOS. The van der Waals surface area contributed by atoms with Crippen LogP contribution in [0.3, 0.4) is 0 Å². The summed E-state index contributed by atoms with van der Waals surface area (Å²) in [5.41, 5.74) is 1.11. The molecule has 1 aromatic heterocycles. The number of rotatable bonds is 2. The lowest BCUT2D eigenvalue weighted by molar-refractivity contribution is 0.275. The number of aromatic nitrogens is 1. The van der Waals surface area contributed by atoms with Crippen LogP contribution in [0.2, 0.25) is 0 Å². The van der Waals surface area contributed by atoms with Gasteiger partial charge in [0.1, 0.15) is 0 Å². The van der Waals surface area contributed by atoms with Crippen LogP contribution >= 0.6 is 12.6 Å². The smallest absolute Gasteiger partial charge is 0.0610 e. The highest BCUT2D eigenvalue weighted by Crippen LogP contribution is 2.12. The molecule has 0 bridgehead atoms. The van der Waals surface area contributed by atoms with E-state index in [0.29, 0.717) is 6.54 Å². The van der Waals surface area contributed by atoms with Crippen molar-refractivity contribution in [3.8, 4) is 0 Å². The molecule has 0 aliphatic rings. The van der Waals surface area contributed by atoms with Gasteiger partial charge < -0.3 is 9.67 Å². The molecule has 1 N–H and O–H groups in total. The Morgan fingerprint density at radius 3 is 2.80 bits per heavy atom. The molecule has 2 nitrogen and oxygen atoms in total. The van der Waals surface area contributed by atoms with Gasteiger partial charge in [0.05, 0.1) is 6.61 Å². The zero-order valence-electron chi connectivity index (χ0n) is 5.91. The molecule has 0 saturated heterocycles. The van der Waals surface area contributed by atoms with Crippen molar-refractivity contribution in [1.82, 2.24) is 4.57 Å². The predicted octanol–water partition coefficient (Wildman–Crippen LogP) is 1.08. The summed E-state index contributed by atoms with van der Waals surface area (Å²) in [6, 6.07) is 1.92. The van der Waals surface area contributed by atoms with Crippen molar-refractivity contribution in [2.45, 2.75) is 18.4 Å². The Kier molecular flexibility index (Phi) is 2.40. The Morgan fingerprint density at radius 2 is 2.40 bits per heavy atom. The van der Waals surface area contributed by atoms with Gasteiger partial charge in [-0.1, -0.05) is 0 Å². The maximum Gasteiger partial charge on any atom is 0.0610 e. The molecule has 1 heterocycles. The van der Waals surface area contributed by atoms with Gasteiger partial charge >= 0.3 is 0 Å². The molecule has 0 atom stereocenters. The Bertz CT molecular complexity index is 219. The molecule has 3 heteroatoms. The van der Waals surface area contributed by atoms with Gasteiger partial charge in [-0.15, -0.1) is 12.6 Å². The topological polar surface area (TPSA) is 25.2 Å². The zero-order valence-corrected chi connectivity index (χ0v) is 6.80. The molecule has 0 aromatic carbocycles. The van der Waals surface area contributed by atoms with Gasteiger partial charge in [-0.05, 0) is 13.0 Å². The summed E-state index contributed by atoms with van der Waals surface area (Å²) in [4.78, 5) is 0.980. The second-order valence-corrected chi connectivity index (χ2v) is 2.69. The van der Waals surface area contributed by atoms with E-state index in [1.54, 1.807) is 0 Å². The number of nitrogens with zero attached hydrogens (tertiary/aromatic N) is 1. The van der Waals surface area contributed by atoms with Crippen LogP contribution in [0.4, 0.5) is 0 Å². The zero-order chi connectivity index (χ0) is 7.56. The van der Waals surface area contributed by atoms with Gasteiger partial charge in [0, 0.05) is 23.3 Å². The molecule has 0 fully saturated rings. The van der Waals surface area contributed by atoms with E-state index in [1.807, 2.05) is 23.8 Å². The van der Waals surface area contributed by atoms with Crippen LogP contribution < -0.4 is 0 Å². The van der Waals surface area contributed by atoms with Crippen LogP contribution in [0.5, 0.6) is 0 Å². The molecule has 0 spiro atoms. The van der Waals surface area contributed by atoms with Gasteiger partial charge in [-0.25, -0.2) is 0 Å². The van der Waals surface area contributed by atoms with Crippen LogP contribution in [0.1, 0.15) is 5.69 Å². The third kappa shape index (κ3) is 1.36. The minimum atomic E-state index is 0.183. The molecule has 0 unspecified atom stereocenters.